The van der Waals surface area contributed by atoms with Gasteiger partial charge in [-0.3, -0.25) is 0 Å². The molecule has 1 aromatic heterocycles. The van der Waals surface area contributed by atoms with Gasteiger partial charge in [0, 0.05) is 13.1 Å². The van der Waals surface area contributed by atoms with Crippen molar-refractivity contribution in [3.05, 3.63) is 0 Å². The van der Waals surface area contributed by atoms with Crippen molar-refractivity contribution < 1.29 is 4.74 Å². The van der Waals surface area contributed by atoms with Crippen LogP contribution in [0.25, 0.3) is 0 Å². The van der Waals surface area contributed by atoms with Gasteiger partial charge in [0.25, 0.3) is 0 Å². The number of anilines is 2. The van der Waals surface area contributed by atoms with Gasteiger partial charge in [-0.15, -0.1) is 0 Å². The molecular weight excluding hydrogens is 230 g/mol. The van der Waals surface area contributed by atoms with E-state index in [1.165, 1.54) is 0 Å². The van der Waals surface area contributed by atoms with Gasteiger partial charge in [-0.25, -0.2) is 0 Å². The molecule has 1 atom stereocenters. The molecular formula is C12H23N5O. The summed E-state index contributed by atoms with van der Waals surface area (Å²) in [5, 5.41) is 0. The predicted molar refractivity (Wildman–Crippen MR) is 72.8 cm³/mol. The molecule has 6 nitrogen and oxygen atoms in total. The van der Waals surface area contributed by atoms with Gasteiger partial charge in [0.05, 0.1) is 6.61 Å². The number of hydrogen-bond acceptors (Lipinski definition) is 6. The van der Waals surface area contributed by atoms with Gasteiger partial charge in [0.1, 0.15) is 0 Å². The number of ether oxygens (including phenoxy) is 1. The van der Waals surface area contributed by atoms with Crippen LogP contribution in [0.5, 0.6) is 6.01 Å². The molecule has 1 unspecified atom stereocenters. The SMILES string of the molecule is CCOc1nc(N)nc(N(CC)CC(C)CC)n1. The zero-order valence-electron chi connectivity index (χ0n) is 11.7. The number of nitrogens with zero attached hydrogens (tertiary/aromatic N) is 4. The molecule has 0 aromatic carbocycles. The quantitative estimate of drug-likeness (QED) is 0.797. The summed E-state index contributed by atoms with van der Waals surface area (Å²) < 4.78 is 5.28. The molecule has 0 saturated carbocycles. The molecule has 1 heterocycles. The summed E-state index contributed by atoms with van der Waals surface area (Å²) >= 11 is 0. The lowest BCUT2D eigenvalue weighted by Crippen LogP contribution is -2.30. The van der Waals surface area contributed by atoms with Crippen molar-refractivity contribution >= 4 is 11.9 Å². The van der Waals surface area contributed by atoms with Crippen molar-refractivity contribution in [2.45, 2.75) is 34.1 Å². The second kappa shape index (κ2) is 6.98. The fraction of sp³-hybridized carbons (Fsp3) is 0.750. The maximum Gasteiger partial charge on any atom is 0.323 e. The fourth-order valence-corrected chi connectivity index (χ4v) is 1.55. The zero-order chi connectivity index (χ0) is 13.5. The van der Waals surface area contributed by atoms with Crippen LogP contribution in [-0.4, -0.2) is 34.6 Å². The summed E-state index contributed by atoms with van der Waals surface area (Å²) in [6.45, 7) is 10.6. The van der Waals surface area contributed by atoms with Crippen molar-refractivity contribution in [1.29, 1.82) is 0 Å². The number of hydrogen-bond donors (Lipinski definition) is 1. The normalized spacial score (nSPS) is 12.2. The topological polar surface area (TPSA) is 77.2 Å². The van der Waals surface area contributed by atoms with Gasteiger partial charge >= 0.3 is 6.01 Å². The highest BCUT2D eigenvalue weighted by Gasteiger charge is 2.14. The highest BCUT2D eigenvalue weighted by molar-refractivity contribution is 5.35. The molecule has 0 aliphatic rings. The second-order valence-corrected chi connectivity index (χ2v) is 4.26. The predicted octanol–water partition coefficient (Wildman–Crippen LogP) is 1.72. The first kappa shape index (κ1) is 14.5. The number of nitrogen functional groups attached to an aromatic ring is 1. The van der Waals surface area contributed by atoms with Crippen LogP contribution in [0, 0.1) is 5.92 Å². The molecule has 18 heavy (non-hydrogen) atoms. The minimum atomic E-state index is 0.200. The van der Waals surface area contributed by atoms with E-state index < -0.39 is 0 Å². The Morgan fingerprint density at radius 3 is 2.50 bits per heavy atom. The maximum atomic E-state index is 5.68. The zero-order valence-corrected chi connectivity index (χ0v) is 11.7. The highest BCUT2D eigenvalue weighted by atomic mass is 16.5. The summed E-state index contributed by atoms with van der Waals surface area (Å²) in [6.07, 6.45) is 1.12. The fourth-order valence-electron chi connectivity index (χ4n) is 1.55. The molecule has 1 aromatic rings. The Morgan fingerprint density at radius 1 is 1.22 bits per heavy atom. The second-order valence-electron chi connectivity index (χ2n) is 4.26. The lowest BCUT2D eigenvalue weighted by molar-refractivity contribution is 0.312. The molecule has 0 fully saturated rings. The average molecular weight is 253 g/mol. The molecule has 0 aliphatic heterocycles. The van der Waals surface area contributed by atoms with E-state index in [9.17, 15) is 0 Å². The average Bonchev–Trinajstić information content (AvgIpc) is 2.35. The van der Waals surface area contributed by atoms with Gasteiger partial charge in [-0.2, -0.15) is 15.0 Å². The summed E-state index contributed by atoms with van der Waals surface area (Å²) in [5.41, 5.74) is 5.68. The third-order valence-corrected chi connectivity index (χ3v) is 2.79. The van der Waals surface area contributed by atoms with Crippen molar-refractivity contribution in [1.82, 2.24) is 15.0 Å². The third-order valence-electron chi connectivity index (χ3n) is 2.79. The first-order valence-corrected chi connectivity index (χ1v) is 6.49. The van der Waals surface area contributed by atoms with Gasteiger partial charge in [-0.05, 0) is 19.8 Å². The lowest BCUT2D eigenvalue weighted by atomic mass is 10.1. The van der Waals surface area contributed by atoms with Crippen LogP contribution >= 0.6 is 0 Å². The van der Waals surface area contributed by atoms with Crippen molar-refractivity contribution in [2.75, 3.05) is 30.3 Å². The first-order chi connectivity index (χ1) is 8.60. The summed E-state index contributed by atoms with van der Waals surface area (Å²) in [4.78, 5) is 14.5. The minimum Gasteiger partial charge on any atom is -0.464 e. The molecule has 0 aliphatic carbocycles. The highest BCUT2D eigenvalue weighted by Crippen LogP contribution is 2.15. The Labute approximate surface area is 109 Å². The Morgan fingerprint density at radius 2 is 1.94 bits per heavy atom. The minimum absolute atomic E-state index is 0.200. The monoisotopic (exact) mass is 253 g/mol. The van der Waals surface area contributed by atoms with E-state index >= 15 is 0 Å². The van der Waals surface area contributed by atoms with E-state index in [-0.39, 0.29) is 5.95 Å². The third kappa shape index (κ3) is 4.01. The first-order valence-electron chi connectivity index (χ1n) is 6.49. The van der Waals surface area contributed by atoms with Gasteiger partial charge < -0.3 is 15.4 Å². The van der Waals surface area contributed by atoms with Crippen LogP contribution in [0.2, 0.25) is 0 Å². The molecule has 0 spiro atoms. The van der Waals surface area contributed by atoms with Crippen LogP contribution in [0.3, 0.4) is 0 Å². The largest absolute Gasteiger partial charge is 0.464 e. The maximum absolute atomic E-state index is 5.68. The molecule has 0 saturated heterocycles. The van der Waals surface area contributed by atoms with Gasteiger partial charge in [0.15, 0.2) is 0 Å². The Bertz CT molecular complexity index is 371. The van der Waals surface area contributed by atoms with Crippen LogP contribution < -0.4 is 15.4 Å². The van der Waals surface area contributed by atoms with Crippen LogP contribution in [0.1, 0.15) is 34.1 Å². The van der Waals surface area contributed by atoms with E-state index in [4.69, 9.17) is 10.5 Å². The molecule has 102 valence electrons. The summed E-state index contributed by atoms with van der Waals surface area (Å²) in [7, 11) is 0. The Balaban J connectivity index is 2.90. The van der Waals surface area contributed by atoms with E-state index in [0.29, 0.717) is 24.5 Å². The van der Waals surface area contributed by atoms with Gasteiger partial charge in [-0.1, -0.05) is 20.3 Å². The van der Waals surface area contributed by atoms with E-state index in [2.05, 4.69) is 40.6 Å². The van der Waals surface area contributed by atoms with Crippen LogP contribution in [0.4, 0.5) is 11.9 Å². The van der Waals surface area contributed by atoms with Crippen molar-refractivity contribution in [3.63, 3.8) is 0 Å². The lowest BCUT2D eigenvalue weighted by Gasteiger charge is -2.24. The van der Waals surface area contributed by atoms with Crippen LogP contribution in [0.15, 0.2) is 0 Å². The van der Waals surface area contributed by atoms with Gasteiger partial charge in [0.2, 0.25) is 11.9 Å². The van der Waals surface area contributed by atoms with E-state index in [0.717, 1.165) is 19.5 Å². The number of nitrogens with two attached hydrogens (primary N) is 1. The smallest absolute Gasteiger partial charge is 0.323 e. The molecule has 0 bridgehead atoms. The van der Waals surface area contributed by atoms with Crippen molar-refractivity contribution in [3.8, 4) is 6.01 Å². The van der Waals surface area contributed by atoms with Crippen LogP contribution in [-0.2, 0) is 0 Å². The molecule has 1 rings (SSSR count). The molecule has 0 radical (unpaired) electrons. The number of rotatable bonds is 7. The molecule has 2 N–H and O–H groups in total. The molecule has 0 amide bonds. The number of aromatic nitrogens is 3. The Hall–Kier alpha value is -1.59. The standard InChI is InChI=1S/C12H23N5O/c1-5-9(4)8-17(6-2)11-14-10(13)15-12(16-11)18-7-3/h9H,5-8H2,1-4H3,(H2,13,14,15,16). The Kier molecular flexibility index (Phi) is 5.61. The van der Waals surface area contributed by atoms with E-state index in [1.807, 2.05) is 6.92 Å². The molecule has 6 heteroatoms. The van der Waals surface area contributed by atoms with E-state index in [1.54, 1.807) is 0 Å². The summed E-state index contributed by atoms with van der Waals surface area (Å²) in [5.74, 6) is 1.37. The van der Waals surface area contributed by atoms with Crippen molar-refractivity contribution in [2.24, 2.45) is 5.92 Å². The summed E-state index contributed by atoms with van der Waals surface area (Å²) in [6, 6.07) is 0.294.